The number of benzene rings is 1. The Labute approximate surface area is 136 Å². The third-order valence-corrected chi connectivity index (χ3v) is 3.85. The maximum atomic E-state index is 14.0. The molecule has 2 aromatic rings. The monoisotopic (exact) mass is 334 g/mol. The average molecular weight is 334 g/mol. The maximum Gasteiger partial charge on any atom is 0.322 e. The summed E-state index contributed by atoms with van der Waals surface area (Å²) in [4.78, 5) is 22.4. The van der Waals surface area contributed by atoms with E-state index in [-0.39, 0.29) is 28.9 Å². The Morgan fingerprint density at radius 3 is 2.83 bits per heavy atom. The quantitative estimate of drug-likeness (QED) is 0.645. The SMILES string of the molecule is Cc1[nH]nc(C(=O)Nc2ccc(OC3CCC3)c(F)c2)c1[N+](=O)[O-]. The van der Waals surface area contributed by atoms with E-state index in [1.54, 1.807) is 0 Å². The van der Waals surface area contributed by atoms with Crippen LogP contribution in [0.5, 0.6) is 5.75 Å². The number of hydrogen-bond acceptors (Lipinski definition) is 5. The first-order chi connectivity index (χ1) is 11.5. The van der Waals surface area contributed by atoms with Gasteiger partial charge < -0.3 is 10.1 Å². The molecule has 1 fully saturated rings. The van der Waals surface area contributed by atoms with Gasteiger partial charge in [0.15, 0.2) is 11.6 Å². The van der Waals surface area contributed by atoms with Crippen molar-refractivity contribution in [2.75, 3.05) is 5.32 Å². The first-order valence-electron chi connectivity index (χ1n) is 7.42. The van der Waals surface area contributed by atoms with Crippen LogP contribution >= 0.6 is 0 Å². The van der Waals surface area contributed by atoms with Gasteiger partial charge in [0.25, 0.3) is 5.91 Å². The molecule has 0 saturated heterocycles. The number of H-pyrrole nitrogens is 1. The van der Waals surface area contributed by atoms with Crippen molar-refractivity contribution in [2.45, 2.75) is 32.3 Å². The molecule has 3 rings (SSSR count). The van der Waals surface area contributed by atoms with Crippen LogP contribution in [0.25, 0.3) is 0 Å². The minimum absolute atomic E-state index is 0.0367. The summed E-state index contributed by atoms with van der Waals surface area (Å²) in [7, 11) is 0. The van der Waals surface area contributed by atoms with Crippen molar-refractivity contribution in [2.24, 2.45) is 0 Å². The lowest BCUT2D eigenvalue weighted by molar-refractivity contribution is -0.385. The zero-order valence-electron chi connectivity index (χ0n) is 12.8. The van der Waals surface area contributed by atoms with Crippen LogP contribution in [0.2, 0.25) is 0 Å². The van der Waals surface area contributed by atoms with Crippen molar-refractivity contribution in [3.8, 4) is 5.75 Å². The van der Waals surface area contributed by atoms with Gasteiger partial charge in [-0.1, -0.05) is 0 Å². The van der Waals surface area contributed by atoms with Crippen molar-refractivity contribution in [3.63, 3.8) is 0 Å². The summed E-state index contributed by atoms with van der Waals surface area (Å²) in [5.74, 6) is -1.27. The molecule has 0 spiro atoms. The normalized spacial score (nSPS) is 14.1. The summed E-state index contributed by atoms with van der Waals surface area (Å²) in [5, 5.41) is 19.4. The molecule has 8 nitrogen and oxygen atoms in total. The molecular weight excluding hydrogens is 319 g/mol. The van der Waals surface area contributed by atoms with E-state index >= 15 is 0 Å². The maximum absolute atomic E-state index is 14.0. The number of amides is 1. The van der Waals surface area contributed by atoms with E-state index in [9.17, 15) is 19.3 Å². The number of carbonyl (C=O) groups excluding carboxylic acids is 1. The zero-order valence-corrected chi connectivity index (χ0v) is 12.8. The molecule has 1 saturated carbocycles. The van der Waals surface area contributed by atoms with Gasteiger partial charge in [-0.15, -0.1) is 0 Å². The molecule has 9 heteroatoms. The lowest BCUT2D eigenvalue weighted by atomic mass is 9.96. The van der Waals surface area contributed by atoms with Gasteiger partial charge >= 0.3 is 5.69 Å². The molecule has 1 aromatic heterocycles. The van der Waals surface area contributed by atoms with Gasteiger partial charge in [0, 0.05) is 11.8 Å². The number of hydrogen-bond donors (Lipinski definition) is 2. The molecule has 1 amide bonds. The Morgan fingerprint density at radius 1 is 1.50 bits per heavy atom. The number of nitrogens with one attached hydrogen (secondary N) is 2. The van der Waals surface area contributed by atoms with Gasteiger partial charge in [-0.25, -0.2) is 4.39 Å². The van der Waals surface area contributed by atoms with Crippen molar-refractivity contribution in [1.82, 2.24) is 10.2 Å². The summed E-state index contributed by atoms with van der Waals surface area (Å²) in [6.45, 7) is 1.44. The highest BCUT2D eigenvalue weighted by atomic mass is 19.1. The number of halogens is 1. The molecule has 0 radical (unpaired) electrons. The fraction of sp³-hybridized carbons (Fsp3) is 0.333. The van der Waals surface area contributed by atoms with Crippen LogP contribution in [-0.4, -0.2) is 27.1 Å². The molecule has 1 aromatic carbocycles. The fourth-order valence-corrected chi connectivity index (χ4v) is 2.34. The van der Waals surface area contributed by atoms with Crippen LogP contribution in [0.4, 0.5) is 15.8 Å². The summed E-state index contributed by atoms with van der Waals surface area (Å²) >= 11 is 0. The number of aromatic amines is 1. The first-order valence-corrected chi connectivity index (χ1v) is 7.42. The molecule has 1 aliphatic rings. The van der Waals surface area contributed by atoms with Gasteiger partial charge in [0.05, 0.1) is 11.0 Å². The van der Waals surface area contributed by atoms with Crippen LogP contribution < -0.4 is 10.1 Å². The lowest BCUT2D eigenvalue weighted by Gasteiger charge is -2.26. The fourth-order valence-electron chi connectivity index (χ4n) is 2.34. The molecule has 2 N–H and O–H groups in total. The number of carbonyl (C=O) groups is 1. The summed E-state index contributed by atoms with van der Waals surface area (Å²) in [6, 6.07) is 4.01. The van der Waals surface area contributed by atoms with Crippen molar-refractivity contribution < 1.29 is 18.8 Å². The molecule has 24 heavy (non-hydrogen) atoms. The van der Waals surface area contributed by atoms with E-state index < -0.39 is 22.3 Å². The van der Waals surface area contributed by atoms with E-state index in [1.165, 1.54) is 19.1 Å². The summed E-state index contributed by atoms with van der Waals surface area (Å²) in [6.07, 6.45) is 2.91. The van der Waals surface area contributed by atoms with Crippen LogP contribution in [0.3, 0.4) is 0 Å². The molecule has 0 unspecified atom stereocenters. The van der Waals surface area contributed by atoms with Crippen LogP contribution in [0.1, 0.15) is 35.4 Å². The standard InChI is InChI=1S/C15H15FN4O4/c1-8-14(20(22)23)13(19-18-8)15(21)17-9-5-6-12(11(16)7-9)24-10-3-2-4-10/h5-7,10H,2-4H2,1H3,(H,17,21)(H,18,19). The van der Waals surface area contributed by atoms with Crippen LogP contribution in [0.15, 0.2) is 18.2 Å². The first kappa shape index (κ1) is 15.9. The smallest absolute Gasteiger partial charge is 0.322 e. The Morgan fingerprint density at radius 2 is 2.25 bits per heavy atom. The second kappa shape index (κ2) is 6.26. The van der Waals surface area contributed by atoms with E-state index in [0.717, 1.165) is 25.3 Å². The number of aryl methyl sites for hydroxylation is 1. The minimum atomic E-state index is -0.793. The lowest BCUT2D eigenvalue weighted by Crippen LogP contribution is -2.25. The average Bonchev–Trinajstić information content (AvgIpc) is 2.86. The number of aromatic nitrogens is 2. The minimum Gasteiger partial charge on any atom is -0.487 e. The molecule has 126 valence electrons. The number of ether oxygens (including phenoxy) is 1. The summed E-state index contributed by atoms with van der Waals surface area (Å²) < 4.78 is 19.5. The number of nitrogens with zero attached hydrogens (tertiary/aromatic N) is 2. The molecule has 0 aliphatic heterocycles. The van der Waals surface area contributed by atoms with Gasteiger partial charge in [-0.3, -0.25) is 20.0 Å². The van der Waals surface area contributed by atoms with Crippen molar-refractivity contribution in [3.05, 3.63) is 45.5 Å². The number of rotatable bonds is 5. The van der Waals surface area contributed by atoms with E-state index in [1.807, 2.05) is 0 Å². The number of anilines is 1. The second-order valence-electron chi connectivity index (χ2n) is 5.57. The Hall–Kier alpha value is -2.97. The highest BCUT2D eigenvalue weighted by molar-refractivity contribution is 6.05. The predicted octanol–water partition coefficient (Wildman–Crippen LogP) is 2.95. The van der Waals surface area contributed by atoms with Gasteiger partial charge in [0.2, 0.25) is 5.69 Å². The Balaban J connectivity index is 1.75. The van der Waals surface area contributed by atoms with Gasteiger partial charge in [-0.05, 0) is 38.3 Å². The summed E-state index contributed by atoms with van der Waals surface area (Å²) in [5.41, 5.74) is -0.431. The molecule has 1 heterocycles. The van der Waals surface area contributed by atoms with E-state index in [0.29, 0.717) is 0 Å². The second-order valence-corrected chi connectivity index (χ2v) is 5.57. The third-order valence-electron chi connectivity index (χ3n) is 3.85. The van der Waals surface area contributed by atoms with Crippen LogP contribution in [-0.2, 0) is 0 Å². The number of nitro groups is 1. The van der Waals surface area contributed by atoms with Crippen molar-refractivity contribution in [1.29, 1.82) is 0 Å². The molecule has 1 aliphatic carbocycles. The topological polar surface area (TPSA) is 110 Å². The van der Waals surface area contributed by atoms with Gasteiger partial charge in [-0.2, -0.15) is 5.10 Å². The van der Waals surface area contributed by atoms with Crippen molar-refractivity contribution >= 4 is 17.3 Å². The Kier molecular flexibility index (Phi) is 4.15. The van der Waals surface area contributed by atoms with E-state index in [2.05, 4.69) is 15.5 Å². The third kappa shape index (κ3) is 3.05. The Bertz CT molecular complexity index is 801. The highest BCUT2D eigenvalue weighted by Gasteiger charge is 2.27. The zero-order chi connectivity index (χ0) is 17.3. The van der Waals surface area contributed by atoms with Crippen LogP contribution in [0, 0.1) is 22.9 Å². The molecular formula is C15H15FN4O4. The predicted molar refractivity (Wildman–Crippen MR) is 82.6 cm³/mol. The molecule has 0 atom stereocenters. The largest absolute Gasteiger partial charge is 0.487 e. The van der Waals surface area contributed by atoms with E-state index in [4.69, 9.17) is 4.74 Å². The highest BCUT2D eigenvalue weighted by Crippen LogP contribution is 2.29. The molecule has 0 bridgehead atoms. The van der Waals surface area contributed by atoms with Gasteiger partial charge in [0.1, 0.15) is 5.69 Å².